The first-order valence-corrected chi connectivity index (χ1v) is 2.90. The normalized spacial score (nSPS) is 12.2. The highest BCUT2D eigenvalue weighted by atomic mass is 17.1. The number of carboxylic acid groups (broad SMARTS) is 1. The molecule has 0 aliphatic carbocycles. The van der Waals surface area contributed by atoms with Gasteiger partial charge in [0.05, 0.1) is 6.42 Å². The molecule has 0 saturated heterocycles. The maximum Gasteiger partial charge on any atom is 0.342 e. The van der Waals surface area contributed by atoms with Crippen molar-refractivity contribution < 1.29 is 24.8 Å². The second-order valence-corrected chi connectivity index (χ2v) is 1.95. The molecule has 0 bridgehead atoms. The summed E-state index contributed by atoms with van der Waals surface area (Å²) in [6, 6.07) is -1.09. The lowest BCUT2D eigenvalue weighted by molar-refractivity contribution is -0.234. The quantitative estimate of drug-likeness (QED) is 0.369. The minimum absolute atomic E-state index is 0.0469. The minimum atomic E-state index is -1.18. The number of hydrogen-bond donors (Lipinski definition) is 3. The SMILES string of the molecule is NC(CCC(=O)OO)C(=O)O. The largest absolute Gasteiger partial charge is 0.480 e. The molecule has 11 heavy (non-hydrogen) atoms. The Labute approximate surface area is 62.5 Å². The molecule has 0 fully saturated rings. The number of aliphatic carboxylic acids is 1. The van der Waals surface area contributed by atoms with Crippen molar-refractivity contribution in [2.45, 2.75) is 18.9 Å². The third kappa shape index (κ3) is 4.29. The van der Waals surface area contributed by atoms with Gasteiger partial charge in [-0.25, -0.2) is 4.79 Å². The summed E-state index contributed by atoms with van der Waals surface area (Å²) >= 11 is 0. The Hall–Kier alpha value is -1.14. The number of nitrogens with two attached hydrogens (primary N) is 1. The van der Waals surface area contributed by atoms with E-state index in [4.69, 9.17) is 16.1 Å². The van der Waals surface area contributed by atoms with Gasteiger partial charge < -0.3 is 15.7 Å². The summed E-state index contributed by atoms with van der Waals surface area (Å²) in [6.45, 7) is 0. The standard InChI is InChI=1S/C5H9NO5/c6-3(5(8)9)1-2-4(7)11-10/h3,10H,1-2,6H2,(H,8,9). The minimum Gasteiger partial charge on any atom is -0.480 e. The summed E-state index contributed by atoms with van der Waals surface area (Å²) in [4.78, 5) is 23.6. The Kier molecular flexibility index (Phi) is 4.16. The molecule has 0 aromatic heterocycles. The van der Waals surface area contributed by atoms with Gasteiger partial charge in [0.2, 0.25) is 0 Å². The van der Waals surface area contributed by atoms with E-state index in [-0.39, 0.29) is 12.8 Å². The van der Waals surface area contributed by atoms with E-state index in [1.807, 2.05) is 0 Å². The van der Waals surface area contributed by atoms with Crippen LogP contribution in [0.25, 0.3) is 0 Å². The number of carboxylic acids is 1. The van der Waals surface area contributed by atoms with Crippen molar-refractivity contribution in [1.82, 2.24) is 0 Å². The predicted molar refractivity (Wildman–Crippen MR) is 33.6 cm³/mol. The molecular formula is C5H9NO5. The Balaban J connectivity index is 3.54. The van der Waals surface area contributed by atoms with Crippen molar-refractivity contribution in [1.29, 1.82) is 0 Å². The van der Waals surface area contributed by atoms with Crippen molar-refractivity contribution in [3.05, 3.63) is 0 Å². The molecule has 0 heterocycles. The fraction of sp³-hybridized carbons (Fsp3) is 0.600. The summed E-state index contributed by atoms with van der Waals surface area (Å²) in [5, 5.41) is 16.0. The van der Waals surface area contributed by atoms with Gasteiger partial charge in [0.25, 0.3) is 0 Å². The maximum atomic E-state index is 10.2. The molecule has 6 nitrogen and oxygen atoms in total. The van der Waals surface area contributed by atoms with Crippen LogP contribution < -0.4 is 5.73 Å². The summed E-state index contributed by atoms with van der Waals surface area (Å²) in [6.07, 6.45) is -0.251. The van der Waals surface area contributed by atoms with Crippen LogP contribution in [-0.4, -0.2) is 28.3 Å². The van der Waals surface area contributed by atoms with Crippen LogP contribution in [0.3, 0.4) is 0 Å². The highest BCUT2D eigenvalue weighted by molar-refractivity contribution is 5.75. The fourth-order valence-electron chi connectivity index (χ4n) is 0.442. The number of rotatable bonds is 4. The second kappa shape index (κ2) is 4.64. The third-order valence-electron chi connectivity index (χ3n) is 1.08. The summed E-state index contributed by atoms with van der Waals surface area (Å²) < 4.78 is 0. The molecule has 4 N–H and O–H groups in total. The van der Waals surface area contributed by atoms with Gasteiger partial charge in [0.15, 0.2) is 0 Å². The molecular weight excluding hydrogens is 154 g/mol. The molecule has 0 radical (unpaired) electrons. The average molecular weight is 163 g/mol. The van der Waals surface area contributed by atoms with E-state index in [9.17, 15) is 9.59 Å². The van der Waals surface area contributed by atoms with Crippen LogP contribution >= 0.6 is 0 Å². The van der Waals surface area contributed by atoms with E-state index in [0.29, 0.717) is 0 Å². The van der Waals surface area contributed by atoms with Gasteiger partial charge in [0, 0.05) is 0 Å². The Morgan fingerprint density at radius 3 is 2.45 bits per heavy atom. The smallest absolute Gasteiger partial charge is 0.342 e. The van der Waals surface area contributed by atoms with Crippen LogP contribution in [0.4, 0.5) is 0 Å². The molecule has 0 aromatic carbocycles. The first-order valence-electron chi connectivity index (χ1n) is 2.90. The molecule has 64 valence electrons. The van der Waals surface area contributed by atoms with Crippen LogP contribution in [0, 0.1) is 0 Å². The first-order chi connectivity index (χ1) is 5.07. The summed E-state index contributed by atoms with van der Waals surface area (Å²) in [5.74, 6) is -2.07. The van der Waals surface area contributed by atoms with Gasteiger partial charge in [-0.15, -0.1) is 0 Å². The maximum absolute atomic E-state index is 10.2. The average Bonchev–Trinajstić information content (AvgIpc) is 1.99. The van der Waals surface area contributed by atoms with Crippen molar-refractivity contribution in [3.8, 4) is 0 Å². The van der Waals surface area contributed by atoms with E-state index < -0.39 is 18.0 Å². The van der Waals surface area contributed by atoms with Crippen LogP contribution in [-0.2, 0) is 14.5 Å². The third-order valence-corrected chi connectivity index (χ3v) is 1.08. The zero-order valence-electron chi connectivity index (χ0n) is 5.69. The lowest BCUT2D eigenvalue weighted by Gasteiger charge is -2.02. The number of hydrogen-bond acceptors (Lipinski definition) is 5. The first kappa shape index (κ1) is 9.86. The van der Waals surface area contributed by atoms with Gasteiger partial charge >= 0.3 is 11.9 Å². The van der Waals surface area contributed by atoms with E-state index >= 15 is 0 Å². The Morgan fingerprint density at radius 1 is 1.55 bits per heavy atom. The molecule has 1 unspecified atom stereocenters. The van der Waals surface area contributed by atoms with Gasteiger partial charge in [-0.1, -0.05) is 0 Å². The van der Waals surface area contributed by atoms with E-state index in [1.54, 1.807) is 0 Å². The Bertz CT molecular complexity index is 157. The van der Waals surface area contributed by atoms with Gasteiger partial charge in [-0.3, -0.25) is 4.79 Å². The molecule has 0 aromatic rings. The number of carbonyl (C=O) groups excluding carboxylic acids is 1. The topological polar surface area (TPSA) is 110 Å². The summed E-state index contributed by atoms with van der Waals surface area (Å²) in [5.41, 5.74) is 5.03. The van der Waals surface area contributed by atoms with Crippen molar-refractivity contribution >= 4 is 11.9 Å². The second-order valence-electron chi connectivity index (χ2n) is 1.95. The molecule has 0 saturated carbocycles. The molecule has 0 amide bonds. The van der Waals surface area contributed by atoms with Gasteiger partial charge in [-0.2, -0.15) is 5.26 Å². The van der Waals surface area contributed by atoms with Crippen LogP contribution in [0.15, 0.2) is 0 Å². The zero-order chi connectivity index (χ0) is 8.85. The lowest BCUT2D eigenvalue weighted by atomic mass is 10.2. The van der Waals surface area contributed by atoms with Crippen LogP contribution in [0.2, 0.25) is 0 Å². The molecule has 0 rings (SSSR count). The van der Waals surface area contributed by atoms with E-state index in [2.05, 4.69) is 4.89 Å². The molecule has 6 heteroatoms. The predicted octanol–water partition coefficient (Wildman–Crippen LogP) is -0.805. The highest BCUT2D eigenvalue weighted by Crippen LogP contribution is 1.95. The fourth-order valence-corrected chi connectivity index (χ4v) is 0.442. The van der Waals surface area contributed by atoms with Gasteiger partial charge in [0.1, 0.15) is 6.04 Å². The molecule has 0 aliphatic heterocycles. The number of carbonyl (C=O) groups is 2. The monoisotopic (exact) mass is 163 g/mol. The molecule has 1 atom stereocenters. The summed E-state index contributed by atoms with van der Waals surface area (Å²) in [7, 11) is 0. The molecule has 0 spiro atoms. The highest BCUT2D eigenvalue weighted by Gasteiger charge is 2.13. The van der Waals surface area contributed by atoms with Crippen molar-refractivity contribution in [2.75, 3.05) is 0 Å². The van der Waals surface area contributed by atoms with E-state index in [1.165, 1.54) is 0 Å². The van der Waals surface area contributed by atoms with Crippen LogP contribution in [0.5, 0.6) is 0 Å². The van der Waals surface area contributed by atoms with Gasteiger partial charge in [-0.05, 0) is 6.42 Å². The lowest BCUT2D eigenvalue weighted by Crippen LogP contribution is -2.30. The molecule has 0 aliphatic rings. The van der Waals surface area contributed by atoms with Crippen molar-refractivity contribution in [2.24, 2.45) is 5.73 Å². The van der Waals surface area contributed by atoms with E-state index in [0.717, 1.165) is 0 Å². The zero-order valence-corrected chi connectivity index (χ0v) is 5.69. The Morgan fingerprint density at radius 2 is 2.09 bits per heavy atom. The van der Waals surface area contributed by atoms with Crippen LogP contribution in [0.1, 0.15) is 12.8 Å². The van der Waals surface area contributed by atoms with Crippen molar-refractivity contribution in [3.63, 3.8) is 0 Å².